The molecule has 0 unspecified atom stereocenters. The molecule has 4 rings (SSSR count). The summed E-state index contributed by atoms with van der Waals surface area (Å²) >= 11 is 5.99. The summed E-state index contributed by atoms with van der Waals surface area (Å²) in [5.74, 6) is 0.658. The van der Waals surface area contributed by atoms with Gasteiger partial charge >= 0.3 is 6.09 Å². The smallest absolute Gasteiger partial charge is 0.407 e. The van der Waals surface area contributed by atoms with Crippen molar-refractivity contribution in [2.45, 2.75) is 6.42 Å². The lowest BCUT2D eigenvalue weighted by atomic mass is 9.98. The van der Waals surface area contributed by atoms with Crippen LogP contribution in [0.2, 0.25) is 5.02 Å². The Morgan fingerprint density at radius 1 is 1.18 bits per heavy atom. The van der Waals surface area contributed by atoms with Crippen molar-refractivity contribution in [1.82, 2.24) is 9.88 Å². The molecule has 0 aliphatic carbocycles. The molecule has 142 valence electrons. The highest BCUT2D eigenvalue weighted by molar-refractivity contribution is 6.30. The van der Waals surface area contributed by atoms with Gasteiger partial charge in [-0.1, -0.05) is 48.0 Å². The molecule has 1 aliphatic heterocycles. The summed E-state index contributed by atoms with van der Waals surface area (Å²) in [5, 5.41) is 12.8. The first kappa shape index (κ1) is 18.1. The quantitative estimate of drug-likeness (QED) is 0.609. The molecule has 6 nitrogen and oxygen atoms in total. The number of hydrogen-bond donors (Lipinski definition) is 2. The van der Waals surface area contributed by atoms with Gasteiger partial charge in [-0.15, -0.1) is 0 Å². The van der Waals surface area contributed by atoms with Gasteiger partial charge in [-0.05, 0) is 35.8 Å². The van der Waals surface area contributed by atoms with Crippen LogP contribution >= 0.6 is 11.6 Å². The number of oxazole rings is 1. The number of rotatable bonds is 4. The van der Waals surface area contributed by atoms with Gasteiger partial charge in [0.15, 0.2) is 5.76 Å². The Bertz CT molecular complexity index is 1030. The van der Waals surface area contributed by atoms with Crippen LogP contribution in [0, 0.1) is 0 Å². The van der Waals surface area contributed by atoms with Crippen molar-refractivity contribution in [3.05, 3.63) is 71.4 Å². The summed E-state index contributed by atoms with van der Waals surface area (Å²) in [4.78, 5) is 16.7. The maximum Gasteiger partial charge on any atom is 0.407 e. The van der Waals surface area contributed by atoms with Gasteiger partial charge < -0.3 is 19.7 Å². The van der Waals surface area contributed by atoms with Gasteiger partial charge in [0.05, 0.1) is 6.20 Å². The van der Waals surface area contributed by atoms with E-state index in [0.29, 0.717) is 36.3 Å². The van der Waals surface area contributed by atoms with Gasteiger partial charge in [-0.3, -0.25) is 0 Å². The second-order valence-electron chi connectivity index (χ2n) is 6.45. The molecule has 1 aliphatic rings. The Balaban J connectivity index is 1.46. The van der Waals surface area contributed by atoms with Gasteiger partial charge in [-0.2, -0.15) is 0 Å². The number of nitrogens with one attached hydrogen (secondary N) is 1. The fourth-order valence-corrected chi connectivity index (χ4v) is 3.30. The minimum Gasteiger partial charge on any atom is -0.465 e. The van der Waals surface area contributed by atoms with E-state index in [1.54, 1.807) is 18.3 Å². The molecule has 0 saturated heterocycles. The number of aromatic nitrogens is 1. The molecule has 0 spiro atoms. The van der Waals surface area contributed by atoms with Gasteiger partial charge in [0.25, 0.3) is 6.01 Å². The molecular weight excluding hydrogens is 378 g/mol. The predicted molar refractivity (Wildman–Crippen MR) is 109 cm³/mol. The van der Waals surface area contributed by atoms with Crippen LogP contribution in [0.25, 0.3) is 16.9 Å². The van der Waals surface area contributed by atoms with Crippen LogP contribution in [-0.2, 0) is 0 Å². The lowest BCUT2D eigenvalue weighted by molar-refractivity contribution is 0.150. The summed E-state index contributed by atoms with van der Waals surface area (Å²) in [5.41, 5.74) is 3.96. The maximum absolute atomic E-state index is 11.0. The number of hydrogen-bond acceptors (Lipinski definition) is 4. The highest BCUT2D eigenvalue weighted by atomic mass is 35.5. The van der Waals surface area contributed by atoms with E-state index in [1.165, 1.54) is 4.90 Å². The van der Waals surface area contributed by atoms with Gasteiger partial charge in [0.2, 0.25) is 0 Å². The number of amides is 1. The third-order valence-corrected chi connectivity index (χ3v) is 4.84. The Morgan fingerprint density at radius 2 is 1.96 bits per heavy atom. The van der Waals surface area contributed by atoms with E-state index in [4.69, 9.17) is 21.1 Å². The Hall–Kier alpha value is -3.25. The van der Waals surface area contributed by atoms with E-state index < -0.39 is 6.09 Å². The summed E-state index contributed by atoms with van der Waals surface area (Å²) in [7, 11) is 0. The SMILES string of the molecule is O=C(O)N1CC=C(c2ccc(-c3cnc(Nc4cccc(Cl)c4)o3)cc2)CC1. The maximum atomic E-state index is 11.0. The average molecular weight is 396 g/mol. The number of anilines is 2. The van der Waals surface area contributed by atoms with E-state index in [-0.39, 0.29) is 0 Å². The van der Waals surface area contributed by atoms with Crippen LogP contribution in [0.3, 0.4) is 0 Å². The minimum atomic E-state index is -0.877. The molecule has 0 atom stereocenters. The molecular formula is C21H18ClN3O3. The largest absolute Gasteiger partial charge is 0.465 e. The second-order valence-corrected chi connectivity index (χ2v) is 6.89. The minimum absolute atomic E-state index is 0.394. The highest BCUT2D eigenvalue weighted by Gasteiger charge is 2.17. The van der Waals surface area contributed by atoms with Crippen LogP contribution in [0.5, 0.6) is 0 Å². The number of nitrogens with zero attached hydrogens (tertiary/aromatic N) is 2. The summed E-state index contributed by atoms with van der Waals surface area (Å²) in [6.45, 7) is 0.941. The molecule has 2 aromatic carbocycles. The van der Waals surface area contributed by atoms with Gasteiger partial charge in [0.1, 0.15) is 0 Å². The Morgan fingerprint density at radius 3 is 2.64 bits per heavy atom. The standard InChI is InChI=1S/C21H18ClN3O3/c22-17-2-1-3-18(12-17)24-20-23-13-19(28-20)16-6-4-14(5-7-16)15-8-10-25(11-9-15)21(26)27/h1-8,12-13H,9-11H2,(H,23,24)(H,26,27). The molecule has 1 aromatic heterocycles. The fraction of sp³-hybridized carbons (Fsp3) is 0.143. The monoisotopic (exact) mass is 395 g/mol. The zero-order valence-corrected chi connectivity index (χ0v) is 15.7. The first-order chi connectivity index (χ1) is 13.6. The molecule has 3 aromatic rings. The number of benzene rings is 2. The molecule has 28 heavy (non-hydrogen) atoms. The topological polar surface area (TPSA) is 78.6 Å². The molecule has 2 N–H and O–H groups in total. The number of carboxylic acid groups (broad SMARTS) is 1. The normalized spacial score (nSPS) is 13.9. The third-order valence-electron chi connectivity index (χ3n) is 4.60. The zero-order chi connectivity index (χ0) is 19.5. The Labute approximate surface area is 167 Å². The lowest BCUT2D eigenvalue weighted by Gasteiger charge is -2.23. The van der Waals surface area contributed by atoms with Crippen LogP contribution < -0.4 is 5.32 Å². The lowest BCUT2D eigenvalue weighted by Crippen LogP contribution is -2.33. The number of carbonyl (C=O) groups is 1. The van der Waals surface area contributed by atoms with Crippen molar-refractivity contribution >= 4 is 35.0 Å². The Kier molecular flexibility index (Phi) is 5.04. The average Bonchev–Trinajstić information content (AvgIpc) is 3.17. The third kappa shape index (κ3) is 4.02. The van der Waals surface area contributed by atoms with Crippen molar-refractivity contribution in [3.63, 3.8) is 0 Å². The number of halogens is 1. The van der Waals surface area contributed by atoms with Crippen LogP contribution in [0.4, 0.5) is 16.5 Å². The van der Waals surface area contributed by atoms with E-state index in [0.717, 1.165) is 22.4 Å². The van der Waals surface area contributed by atoms with E-state index in [1.807, 2.05) is 42.5 Å². The predicted octanol–water partition coefficient (Wildman–Crippen LogP) is 5.51. The first-order valence-electron chi connectivity index (χ1n) is 8.84. The first-order valence-corrected chi connectivity index (χ1v) is 9.22. The van der Waals surface area contributed by atoms with E-state index >= 15 is 0 Å². The van der Waals surface area contributed by atoms with Crippen molar-refractivity contribution in [1.29, 1.82) is 0 Å². The molecule has 0 saturated carbocycles. The highest BCUT2D eigenvalue weighted by Crippen LogP contribution is 2.28. The fourth-order valence-electron chi connectivity index (χ4n) is 3.11. The molecule has 0 fully saturated rings. The molecule has 0 bridgehead atoms. The van der Waals surface area contributed by atoms with E-state index in [2.05, 4.69) is 10.3 Å². The van der Waals surface area contributed by atoms with Crippen LogP contribution in [0.1, 0.15) is 12.0 Å². The summed E-state index contributed by atoms with van der Waals surface area (Å²) in [6.07, 6.45) is 3.47. The van der Waals surface area contributed by atoms with Crippen molar-refractivity contribution in [3.8, 4) is 11.3 Å². The molecule has 1 amide bonds. The van der Waals surface area contributed by atoms with Crippen molar-refractivity contribution in [2.24, 2.45) is 0 Å². The van der Waals surface area contributed by atoms with Gasteiger partial charge in [-0.25, -0.2) is 9.78 Å². The van der Waals surface area contributed by atoms with Crippen LogP contribution in [0.15, 0.2) is 65.2 Å². The summed E-state index contributed by atoms with van der Waals surface area (Å²) in [6, 6.07) is 15.7. The molecule has 0 radical (unpaired) electrons. The molecule has 2 heterocycles. The second kappa shape index (κ2) is 7.78. The van der Waals surface area contributed by atoms with Crippen molar-refractivity contribution in [2.75, 3.05) is 18.4 Å². The van der Waals surface area contributed by atoms with E-state index in [9.17, 15) is 4.79 Å². The van der Waals surface area contributed by atoms with Gasteiger partial charge in [0, 0.05) is 29.4 Å². The van der Waals surface area contributed by atoms with Crippen molar-refractivity contribution < 1.29 is 14.3 Å². The van der Waals surface area contributed by atoms with Crippen LogP contribution in [-0.4, -0.2) is 34.2 Å². The summed E-state index contributed by atoms with van der Waals surface area (Å²) < 4.78 is 5.79. The zero-order valence-electron chi connectivity index (χ0n) is 14.9. The molecule has 7 heteroatoms.